The van der Waals surface area contributed by atoms with Crippen LogP contribution >= 0.6 is 0 Å². The highest BCUT2D eigenvalue weighted by Crippen LogP contribution is 2.33. The van der Waals surface area contributed by atoms with Crippen molar-refractivity contribution in [2.24, 2.45) is 0 Å². The topological polar surface area (TPSA) is 105 Å². The van der Waals surface area contributed by atoms with Gasteiger partial charge in [0.2, 0.25) is 5.91 Å². The van der Waals surface area contributed by atoms with Gasteiger partial charge in [0.25, 0.3) is 5.69 Å². The zero-order valence-electron chi connectivity index (χ0n) is 10.5. The van der Waals surface area contributed by atoms with Crippen molar-refractivity contribution in [1.29, 1.82) is 0 Å². The smallest absolute Gasteiger partial charge is 0.279 e. The molecule has 2 aromatic rings. The third-order valence-corrected chi connectivity index (χ3v) is 2.74. The molecular weight excluding hydrogens is 262 g/mol. The number of rotatable bonds is 3. The maximum atomic E-state index is 11.2. The lowest BCUT2D eigenvalue weighted by Gasteiger charge is -2.04. The lowest BCUT2D eigenvalue weighted by Crippen LogP contribution is -2.13. The molecule has 2 rings (SSSR count). The second-order valence-corrected chi connectivity index (χ2v) is 3.93. The van der Waals surface area contributed by atoms with Gasteiger partial charge in [-0.2, -0.15) is 0 Å². The highest BCUT2D eigenvalue weighted by molar-refractivity contribution is 6.01. The van der Waals surface area contributed by atoms with Crippen LogP contribution in [0.2, 0.25) is 0 Å². The van der Waals surface area contributed by atoms with E-state index in [-0.39, 0.29) is 28.2 Å². The molecular formula is C13H11N3O4. The quantitative estimate of drug-likeness (QED) is 0.502. The largest absolute Gasteiger partial charge is 0.506 e. The summed E-state index contributed by atoms with van der Waals surface area (Å²) < 4.78 is 0. The van der Waals surface area contributed by atoms with Gasteiger partial charge in [0, 0.05) is 25.4 Å². The molecule has 0 atom stereocenters. The molecule has 0 aliphatic heterocycles. The fraction of sp³-hybridized carbons (Fsp3) is 0.0769. The monoisotopic (exact) mass is 273 g/mol. The number of pyridine rings is 1. The SMILES string of the molecule is CNC(=O)C=Cc1ccnc2c(O)ccc([N+](=O)[O-])c12. The van der Waals surface area contributed by atoms with Crippen LogP contribution in [0.4, 0.5) is 5.69 Å². The van der Waals surface area contributed by atoms with Crippen LogP contribution in [0, 0.1) is 10.1 Å². The Bertz CT molecular complexity index is 725. The first-order chi connectivity index (χ1) is 9.54. The second-order valence-electron chi connectivity index (χ2n) is 3.93. The summed E-state index contributed by atoms with van der Waals surface area (Å²) in [6, 6.07) is 3.96. The molecule has 1 aromatic carbocycles. The van der Waals surface area contributed by atoms with Crippen molar-refractivity contribution >= 4 is 28.6 Å². The number of non-ortho nitro benzene ring substituents is 1. The Hall–Kier alpha value is -2.96. The number of nitrogens with one attached hydrogen (secondary N) is 1. The highest BCUT2D eigenvalue weighted by Gasteiger charge is 2.17. The van der Waals surface area contributed by atoms with Crippen molar-refractivity contribution in [1.82, 2.24) is 10.3 Å². The molecule has 0 unspecified atom stereocenters. The van der Waals surface area contributed by atoms with Gasteiger partial charge < -0.3 is 10.4 Å². The molecule has 7 heteroatoms. The zero-order valence-corrected chi connectivity index (χ0v) is 10.5. The summed E-state index contributed by atoms with van der Waals surface area (Å²) in [7, 11) is 1.48. The van der Waals surface area contributed by atoms with Crippen molar-refractivity contribution in [2.75, 3.05) is 7.05 Å². The minimum absolute atomic E-state index is 0.123. The van der Waals surface area contributed by atoms with Gasteiger partial charge >= 0.3 is 0 Å². The van der Waals surface area contributed by atoms with Gasteiger partial charge in [-0.3, -0.25) is 19.9 Å². The number of benzene rings is 1. The first-order valence-electron chi connectivity index (χ1n) is 5.69. The normalized spacial score (nSPS) is 10.8. The number of likely N-dealkylation sites (N-methyl/N-ethyl adjacent to an activating group) is 1. The molecule has 0 spiro atoms. The maximum Gasteiger partial charge on any atom is 0.279 e. The van der Waals surface area contributed by atoms with Gasteiger partial charge in [-0.05, 0) is 23.8 Å². The minimum Gasteiger partial charge on any atom is -0.506 e. The van der Waals surface area contributed by atoms with Gasteiger partial charge in [-0.25, -0.2) is 0 Å². The van der Waals surface area contributed by atoms with Gasteiger partial charge in [-0.1, -0.05) is 0 Å². The van der Waals surface area contributed by atoms with Crippen LogP contribution < -0.4 is 5.32 Å². The van der Waals surface area contributed by atoms with Crippen LogP contribution in [0.25, 0.3) is 17.0 Å². The Balaban J connectivity index is 2.72. The van der Waals surface area contributed by atoms with E-state index in [0.29, 0.717) is 5.56 Å². The van der Waals surface area contributed by atoms with E-state index in [1.807, 2.05) is 0 Å². The Morgan fingerprint density at radius 1 is 1.45 bits per heavy atom. The van der Waals surface area contributed by atoms with Gasteiger partial charge in [0.15, 0.2) is 0 Å². The van der Waals surface area contributed by atoms with Crippen molar-refractivity contribution in [2.45, 2.75) is 0 Å². The number of nitrogens with zero attached hydrogens (tertiary/aromatic N) is 2. The van der Waals surface area contributed by atoms with Gasteiger partial charge in [-0.15, -0.1) is 0 Å². The number of carbonyl (C=O) groups excluding carboxylic acids is 1. The van der Waals surface area contributed by atoms with E-state index in [2.05, 4.69) is 10.3 Å². The number of phenolic OH excluding ortho intramolecular Hbond substituents is 1. The first-order valence-corrected chi connectivity index (χ1v) is 5.69. The number of nitro groups is 1. The van der Waals surface area contributed by atoms with Crippen molar-refractivity contribution in [3.8, 4) is 5.75 Å². The molecule has 7 nitrogen and oxygen atoms in total. The summed E-state index contributed by atoms with van der Waals surface area (Å²) in [5, 5.41) is 23.4. The maximum absolute atomic E-state index is 11.2. The van der Waals surface area contributed by atoms with E-state index in [1.54, 1.807) is 0 Å². The zero-order chi connectivity index (χ0) is 14.7. The average Bonchev–Trinajstić information content (AvgIpc) is 2.44. The number of carbonyl (C=O) groups is 1. The number of fused-ring (bicyclic) bond motifs is 1. The Morgan fingerprint density at radius 3 is 2.85 bits per heavy atom. The van der Waals surface area contributed by atoms with E-state index in [1.165, 1.54) is 43.6 Å². The molecule has 1 heterocycles. The molecule has 1 aromatic heterocycles. The second kappa shape index (κ2) is 5.35. The molecule has 0 aliphatic rings. The molecule has 0 saturated heterocycles. The minimum atomic E-state index is -0.555. The molecule has 0 aliphatic carbocycles. The molecule has 102 valence electrons. The van der Waals surface area contributed by atoms with Crippen LogP contribution in [-0.4, -0.2) is 28.0 Å². The van der Waals surface area contributed by atoms with E-state index in [4.69, 9.17) is 0 Å². The Kier molecular flexibility index (Phi) is 3.60. The first kappa shape index (κ1) is 13.5. The summed E-state index contributed by atoms with van der Waals surface area (Å²) in [5.74, 6) is -0.487. The lowest BCUT2D eigenvalue weighted by atomic mass is 10.1. The number of nitro benzene ring substituents is 1. The predicted molar refractivity (Wildman–Crippen MR) is 73.2 cm³/mol. The summed E-state index contributed by atoms with van der Waals surface area (Å²) in [4.78, 5) is 25.7. The molecule has 20 heavy (non-hydrogen) atoms. The van der Waals surface area contributed by atoms with Crippen molar-refractivity contribution in [3.63, 3.8) is 0 Å². The van der Waals surface area contributed by atoms with Crippen LogP contribution in [0.15, 0.2) is 30.5 Å². The van der Waals surface area contributed by atoms with Crippen LogP contribution in [0.3, 0.4) is 0 Å². The van der Waals surface area contributed by atoms with Crippen molar-refractivity contribution in [3.05, 3.63) is 46.1 Å². The summed E-state index contributed by atoms with van der Waals surface area (Å²) in [6.07, 6.45) is 4.10. The molecule has 0 saturated carbocycles. The molecule has 2 N–H and O–H groups in total. The summed E-state index contributed by atoms with van der Waals surface area (Å²) >= 11 is 0. The lowest BCUT2D eigenvalue weighted by molar-refractivity contribution is -0.383. The number of hydrogen-bond acceptors (Lipinski definition) is 5. The Labute approximate surface area is 113 Å². The van der Waals surface area contributed by atoms with E-state index in [9.17, 15) is 20.0 Å². The van der Waals surface area contributed by atoms with Gasteiger partial charge in [0.05, 0.1) is 10.3 Å². The predicted octanol–water partition coefficient (Wildman–Crippen LogP) is 1.61. The van der Waals surface area contributed by atoms with E-state index >= 15 is 0 Å². The fourth-order valence-electron chi connectivity index (χ4n) is 1.80. The van der Waals surface area contributed by atoms with Crippen molar-refractivity contribution < 1.29 is 14.8 Å². The van der Waals surface area contributed by atoms with Gasteiger partial charge in [0.1, 0.15) is 11.3 Å². The molecule has 0 bridgehead atoms. The number of hydrogen-bond donors (Lipinski definition) is 2. The third kappa shape index (κ3) is 2.41. The summed E-state index contributed by atoms with van der Waals surface area (Å²) in [6.45, 7) is 0. The molecule has 1 amide bonds. The number of aromatic hydroxyl groups is 1. The van der Waals surface area contributed by atoms with Crippen LogP contribution in [-0.2, 0) is 4.79 Å². The number of amides is 1. The average molecular weight is 273 g/mol. The number of aromatic nitrogens is 1. The number of phenols is 1. The highest BCUT2D eigenvalue weighted by atomic mass is 16.6. The fourth-order valence-corrected chi connectivity index (χ4v) is 1.80. The van der Waals surface area contributed by atoms with E-state index in [0.717, 1.165) is 0 Å². The van der Waals surface area contributed by atoms with Crippen LogP contribution in [0.5, 0.6) is 5.75 Å². The molecule has 0 fully saturated rings. The van der Waals surface area contributed by atoms with E-state index < -0.39 is 4.92 Å². The standard InChI is InChI=1S/C13H11N3O4/c1-14-11(18)5-2-8-6-7-15-13-10(17)4-3-9(12(8)13)16(19)20/h2-7,17H,1H3,(H,14,18). The third-order valence-electron chi connectivity index (χ3n) is 2.74. The Morgan fingerprint density at radius 2 is 2.20 bits per heavy atom. The molecule has 0 radical (unpaired) electrons. The van der Waals surface area contributed by atoms with Crippen LogP contribution in [0.1, 0.15) is 5.56 Å². The summed E-state index contributed by atoms with van der Waals surface area (Å²) in [5.41, 5.74) is 0.377.